The zero-order valence-corrected chi connectivity index (χ0v) is 7.94. The van der Waals surface area contributed by atoms with Gasteiger partial charge in [-0.25, -0.2) is 0 Å². The Hall–Kier alpha value is -0.940. The van der Waals surface area contributed by atoms with E-state index in [0.717, 1.165) is 11.6 Å². The minimum absolute atomic E-state index is 0.204. The van der Waals surface area contributed by atoms with E-state index in [1.165, 1.54) is 6.42 Å². The van der Waals surface area contributed by atoms with Gasteiger partial charge < -0.3 is 0 Å². The molecule has 1 heterocycles. The second-order valence-corrected chi connectivity index (χ2v) is 3.80. The Morgan fingerprint density at radius 1 is 1.77 bits per heavy atom. The molecule has 3 unspecified atom stereocenters. The summed E-state index contributed by atoms with van der Waals surface area (Å²) in [4.78, 5) is 0. The van der Waals surface area contributed by atoms with E-state index in [0.29, 0.717) is 5.92 Å². The molecule has 72 valence electrons. The van der Waals surface area contributed by atoms with E-state index in [-0.39, 0.29) is 6.04 Å². The molecule has 3 N–H and O–H groups in total. The van der Waals surface area contributed by atoms with Crippen molar-refractivity contribution in [3.8, 4) is 0 Å². The molecule has 13 heavy (non-hydrogen) atoms. The van der Waals surface area contributed by atoms with Crippen molar-refractivity contribution in [2.75, 3.05) is 0 Å². The summed E-state index contributed by atoms with van der Waals surface area (Å²) in [5.41, 5.74) is 3.90. The van der Waals surface area contributed by atoms with Crippen LogP contribution in [-0.4, -0.2) is 15.0 Å². The van der Waals surface area contributed by atoms with Gasteiger partial charge in [0.25, 0.3) is 0 Å². The summed E-state index contributed by atoms with van der Waals surface area (Å²) >= 11 is 0. The van der Waals surface area contributed by atoms with E-state index < -0.39 is 0 Å². The van der Waals surface area contributed by atoms with Crippen molar-refractivity contribution < 1.29 is 0 Å². The van der Waals surface area contributed by atoms with Crippen LogP contribution in [0.1, 0.15) is 25.1 Å². The number of hydrazine groups is 1. The molecule has 1 aromatic rings. The molecule has 0 saturated heterocycles. The maximum atomic E-state index is 5.52. The fourth-order valence-electron chi connectivity index (χ4n) is 1.82. The van der Waals surface area contributed by atoms with Gasteiger partial charge in [-0.1, -0.05) is 12.1 Å². The number of nitrogens with two attached hydrogens (primary N) is 1. The van der Waals surface area contributed by atoms with Crippen molar-refractivity contribution in [3.05, 3.63) is 11.9 Å². The van der Waals surface area contributed by atoms with E-state index in [1.807, 2.05) is 7.05 Å². The van der Waals surface area contributed by atoms with Crippen LogP contribution in [0.5, 0.6) is 0 Å². The maximum absolute atomic E-state index is 5.52. The van der Waals surface area contributed by atoms with Crippen LogP contribution in [-0.2, 0) is 7.05 Å². The van der Waals surface area contributed by atoms with Crippen LogP contribution in [0.25, 0.3) is 0 Å². The zero-order chi connectivity index (χ0) is 9.42. The molecule has 0 amide bonds. The summed E-state index contributed by atoms with van der Waals surface area (Å²) in [7, 11) is 1.89. The van der Waals surface area contributed by atoms with Crippen molar-refractivity contribution >= 4 is 0 Å². The summed E-state index contributed by atoms with van der Waals surface area (Å²) < 4.78 is 1.77. The predicted molar refractivity (Wildman–Crippen MR) is 48.3 cm³/mol. The van der Waals surface area contributed by atoms with Gasteiger partial charge in [-0.3, -0.25) is 16.0 Å². The third-order valence-electron chi connectivity index (χ3n) is 2.85. The summed E-state index contributed by atoms with van der Waals surface area (Å²) in [5.74, 6) is 6.92. The van der Waals surface area contributed by atoms with Gasteiger partial charge in [0.1, 0.15) is 0 Å². The summed E-state index contributed by atoms with van der Waals surface area (Å²) in [6.45, 7) is 2.23. The van der Waals surface area contributed by atoms with Crippen LogP contribution in [0.4, 0.5) is 0 Å². The molecule has 0 aromatic carbocycles. The number of rotatable bonds is 3. The van der Waals surface area contributed by atoms with E-state index in [1.54, 1.807) is 10.9 Å². The van der Waals surface area contributed by atoms with Gasteiger partial charge in [-0.05, 0) is 18.3 Å². The minimum Gasteiger partial charge on any atom is -0.271 e. The number of hydrogen-bond donors (Lipinski definition) is 2. The first kappa shape index (κ1) is 8.65. The van der Waals surface area contributed by atoms with Crippen LogP contribution >= 0.6 is 0 Å². The number of nitrogens with one attached hydrogen (secondary N) is 1. The van der Waals surface area contributed by atoms with E-state index in [4.69, 9.17) is 5.84 Å². The van der Waals surface area contributed by atoms with Crippen molar-refractivity contribution in [2.24, 2.45) is 24.7 Å². The first-order valence-corrected chi connectivity index (χ1v) is 4.54. The lowest BCUT2D eigenvalue weighted by Gasteiger charge is -2.14. The molecule has 3 atom stereocenters. The topological polar surface area (TPSA) is 68.8 Å². The largest absolute Gasteiger partial charge is 0.271 e. The Morgan fingerprint density at radius 2 is 2.46 bits per heavy atom. The number of aromatic nitrogens is 3. The summed E-state index contributed by atoms with van der Waals surface area (Å²) in [6.07, 6.45) is 3.01. The lowest BCUT2D eigenvalue weighted by Crippen LogP contribution is -2.31. The van der Waals surface area contributed by atoms with Crippen LogP contribution in [0, 0.1) is 11.8 Å². The van der Waals surface area contributed by atoms with Crippen LogP contribution in [0.15, 0.2) is 6.20 Å². The molecule has 1 fully saturated rings. The van der Waals surface area contributed by atoms with Crippen molar-refractivity contribution in [3.63, 3.8) is 0 Å². The van der Waals surface area contributed by atoms with Gasteiger partial charge in [-0.2, -0.15) is 0 Å². The number of hydrogen-bond acceptors (Lipinski definition) is 4. The van der Waals surface area contributed by atoms with E-state index in [2.05, 4.69) is 22.7 Å². The molecule has 0 radical (unpaired) electrons. The highest BCUT2D eigenvalue weighted by Gasteiger charge is 2.41. The monoisotopic (exact) mass is 181 g/mol. The molecule has 5 nitrogen and oxygen atoms in total. The Labute approximate surface area is 77.3 Å². The van der Waals surface area contributed by atoms with Crippen LogP contribution < -0.4 is 11.3 Å². The maximum Gasteiger partial charge on any atom is 0.0769 e. The van der Waals surface area contributed by atoms with Crippen molar-refractivity contribution in [1.82, 2.24) is 20.4 Å². The van der Waals surface area contributed by atoms with Gasteiger partial charge in [-0.15, -0.1) is 5.10 Å². The van der Waals surface area contributed by atoms with Crippen LogP contribution in [0.3, 0.4) is 0 Å². The lowest BCUT2D eigenvalue weighted by molar-refractivity contribution is 0.445. The normalized spacial score (nSPS) is 28.8. The molecule has 2 rings (SSSR count). The molecule has 0 bridgehead atoms. The minimum atomic E-state index is 0.204. The lowest BCUT2D eigenvalue weighted by atomic mass is 10.1. The molecule has 1 aliphatic carbocycles. The van der Waals surface area contributed by atoms with Gasteiger partial charge in [0.15, 0.2) is 0 Å². The average molecular weight is 181 g/mol. The molecule has 5 heteroatoms. The van der Waals surface area contributed by atoms with Gasteiger partial charge >= 0.3 is 0 Å². The molecule has 1 aromatic heterocycles. The molecule has 1 aliphatic rings. The number of nitrogens with zero attached hydrogens (tertiary/aromatic N) is 3. The van der Waals surface area contributed by atoms with E-state index >= 15 is 0 Å². The fraction of sp³-hybridized carbons (Fsp3) is 0.750. The smallest absolute Gasteiger partial charge is 0.0769 e. The van der Waals surface area contributed by atoms with Gasteiger partial charge in [0.05, 0.1) is 17.9 Å². The first-order chi connectivity index (χ1) is 6.24. The highest BCUT2D eigenvalue weighted by molar-refractivity contribution is 5.08. The molecule has 1 saturated carbocycles. The third kappa shape index (κ3) is 1.45. The molecular formula is C8H15N5. The molecule has 0 aliphatic heterocycles. The second kappa shape index (κ2) is 3.08. The zero-order valence-electron chi connectivity index (χ0n) is 7.94. The SMILES string of the molecule is CC1CC1C(NN)c1cnnn1C. The molecule has 0 spiro atoms. The van der Waals surface area contributed by atoms with Gasteiger partial charge in [0, 0.05) is 7.05 Å². The standard InChI is InChI=1S/C8H15N5/c1-5-3-6(5)8(11-9)7-4-10-12-13(7)2/h4-6,8,11H,3,9H2,1-2H3. The fourth-order valence-corrected chi connectivity index (χ4v) is 1.82. The predicted octanol–water partition coefficient (Wildman–Crippen LogP) is -0.0245. The third-order valence-corrected chi connectivity index (χ3v) is 2.85. The van der Waals surface area contributed by atoms with E-state index in [9.17, 15) is 0 Å². The summed E-state index contributed by atoms with van der Waals surface area (Å²) in [6, 6.07) is 0.204. The Kier molecular flexibility index (Phi) is 2.05. The quantitative estimate of drug-likeness (QED) is 0.508. The summed E-state index contributed by atoms with van der Waals surface area (Å²) in [5, 5.41) is 7.73. The molecular weight excluding hydrogens is 166 g/mol. The Bertz CT molecular complexity index is 294. The van der Waals surface area contributed by atoms with Crippen LogP contribution in [0.2, 0.25) is 0 Å². The first-order valence-electron chi connectivity index (χ1n) is 4.54. The Morgan fingerprint density at radius 3 is 2.85 bits per heavy atom. The highest BCUT2D eigenvalue weighted by Crippen LogP contribution is 2.46. The van der Waals surface area contributed by atoms with Crippen molar-refractivity contribution in [1.29, 1.82) is 0 Å². The average Bonchev–Trinajstić information content (AvgIpc) is 2.65. The highest BCUT2D eigenvalue weighted by atomic mass is 15.4. The second-order valence-electron chi connectivity index (χ2n) is 3.80. The van der Waals surface area contributed by atoms with Gasteiger partial charge in [0.2, 0.25) is 0 Å². The Balaban J connectivity index is 2.17. The number of aryl methyl sites for hydroxylation is 1. The van der Waals surface area contributed by atoms with Crippen molar-refractivity contribution in [2.45, 2.75) is 19.4 Å².